The number of H-pyrrole nitrogens is 1. The molecule has 0 fully saturated rings. The summed E-state index contributed by atoms with van der Waals surface area (Å²) in [4.78, 5) is 25.9. The first-order valence-corrected chi connectivity index (χ1v) is 9.16. The first kappa shape index (κ1) is 17.7. The minimum atomic E-state index is -3.93. The lowest BCUT2D eigenvalue weighted by atomic mass is 10.1. The zero-order valence-electron chi connectivity index (χ0n) is 14.0. The van der Waals surface area contributed by atoms with Crippen molar-refractivity contribution in [3.05, 3.63) is 69.5 Å². The molecule has 3 rings (SSSR count). The van der Waals surface area contributed by atoms with Gasteiger partial charge in [-0.3, -0.25) is 9.52 Å². The maximum absolute atomic E-state index is 12.6. The second-order valence-electron chi connectivity index (χ2n) is 5.95. The summed E-state index contributed by atoms with van der Waals surface area (Å²) in [5.74, 6) is -1.38. The van der Waals surface area contributed by atoms with Gasteiger partial charge in [-0.1, -0.05) is 6.07 Å². The summed E-state index contributed by atoms with van der Waals surface area (Å²) in [5.41, 5.74) is 1.54. The quantitative estimate of drug-likeness (QED) is 0.651. The van der Waals surface area contributed by atoms with Gasteiger partial charge in [-0.2, -0.15) is 0 Å². The van der Waals surface area contributed by atoms with Crippen molar-refractivity contribution in [2.75, 3.05) is 4.72 Å². The molecule has 0 aliphatic carbocycles. The fourth-order valence-corrected chi connectivity index (χ4v) is 3.62. The van der Waals surface area contributed by atoms with E-state index >= 15 is 0 Å². The zero-order valence-corrected chi connectivity index (χ0v) is 14.8. The number of hydrogen-bond acceptors (Lipinski definition) is 4. The Morgan fingerprint density at radius 3 is 2.46 bits per heavy atom. The molecule has 0 radical (unpaired) electrons. The predicted octanol–water partition coefficient (Wildman–Crippen LogP) is 2.64. The standard InChI is InChI=1S/C18H16N2O5S/c1-10-3-4-12(7-11(10)2)20-26(24,25)13-5-6-16-14(8-13)17(21)15(9-19-16)18(22)23/h3-9,20H,1-2H3,(H,19,21)(H,22,23). The molecule has 0 saturated heterocycles. The first-order valence-electron chi connectivity index (χ1n) is 7.68. The summed E-state index contributed by atoms with van der Waals surface area (Å²) in [6.45, 7) is 3.79. The molecule has 7 nitrogen and oxygen atoms in total. The number of anilines is 1. The number of carboxylic acid groups (broad SMARTS) is 1. The number of carboxylic acids is 1. The highest BCUT2D eigenvalue weighted by atomic mass is 32.2. The molecule has 0 unspecified atom stereocenters. The van der Waals surface area contributed by atoms with E-state index in [0.29, 0.717) is 11.2 Å². The predicted molar refractivity (Wildman–Crippen MR) is 98.3 cm³/mol. The van der Waals surface area contributed by atoms with E-state index in [2.05, 4.69) is 9.71 Å². The fourth-order valence-electron chi connectivity index (χ4n) is 2.54. The normalized spacial score (nSPS) is 11.5. The molecule has 0 aliphatic rings. The third-order valence-corrected chi connectivity index (χ3v) is 5.53. The molecule has 0 bridgehead atoms. The summed E-state index contributed by atoms with van der Waals surface area (Å²) in [5, 5.41) is 9.04. The molecule has 8 heteroatoms. The topological polar surface area (TPSA) is 116 Å². The van der Waals surface area contributed by atoms with Crippen LogP contribution in [0.25, 0.3) is 10.9 Å². The second-order valence-corrected chi connectivity index (χ2v) is 7.63. The average Bonchev–Trinajstić information content (AvgIpc) is 2.57. The summed E-state index contributed by atoms with van der Waals surface area (Å²) >= 11 is 0. The van der Waals surface area contributed by atoms with E-state index < -0.39 is 27.0 Å². The van der Waals surface area contributed by atoms with Gasteiger partial charge < -0.3 is 10.1 Å². The summed E-state index contributed by atoms with van der Waals surface area (Å²) in [6.07, 6.45) is 1.09. The van der Waals surface area contributed by atoms with Crippen molar-refractivity contribution in [2.45, 2.75) is 18.7 Å². The molecule has 1 aromatic heterocycles. The van der Waals surface area contributed by atoms with Crippen LogP contribution in [0.5, 0.6) is 0 Å². The molecule has 134 valence electrons. The van der Waals surface area contributed by atoms with Crippen LogP contribution in [0.4, 0.5) is 5.69 Å². The van der Waals surface area contributed by atoms with Crippen molar-refractivity contribution in [1.29, 1.82) is 0 Å². The maximum Gasteiger partial charge on any atom is 0.341 e. The molecule has 0 atom stereocenters. The van der Waals surface area contributed by atoms with Gasteiger partial charge in [0.15, 0.2) is 0 Å². The van der Waals surface area contributed by atoms with Crippen LogP contribution in [0.15, 0.2) is 52.3 Å². The van der Waals surface area contributed by atoms with Gasteiger partial charge in [0.05, 0.1) is 4.90 Å². The highest BCUT2D eigenvalue weighted by molar-refractivity contribution is 7.92. The number of rotatable bonds is 4. The lowest BCUT2D eigenvalue weighted by molar-refractivity contribution is 0.0695. The van der Waals surface area contributed by atoms with Crippen LogP contribution in [0.2, 0.25) is 0 Å². The molecule has 0 spiro atoms. The number of benzene rings is 2. The van der Waals surface area contributed by atoms with E-state index in [9.17, 15) is 18.0 Å². The van der Waals surface area contributed by atoms with Crippen molar-refractivity contribution in [3.8, 4) is 0 Å². The van der Waals surface area contributed by atoms with Crippen molar-refractivity contribution < 1.29 is 18.3 Å². The Morgan fingerprint density at radius 2 is 1.81 bits per heavy atom. The zero-order chi connectivity index (χ0) is 19.1. The van der Waals surface area contributed by atoms with Gasteiger partial charge in [0.2, 0.25) is 5.43 Å². The number of pyridine rings is 1. The lowest BCUT2D eigenvalue weighted by Crippen LogP contribution is -2.17. The number of aromatic carboxylic acids is 1. The van der Waals surface area contributed by atoms with Gasteiger partial charge in [0, 0.05) is 22.8 Å². The molecular formula is C18H16N2O5S. The van der Waals surface area contributed by atoms with Crippen LogP contribution >= 0.6 is 0 Å². The fraction of sp³-hybridized carbons (Fsp3) is 0.111. The van der Waals surface area contributed by atoms with Crippen LogP contribution in [0.1, 0.15) is 21.5 Å². The number of carbonyl (C=O) groups is 1. The molecule has 2 aromatic carbocycles. The van der Waals surface area contributed by atoms with Crippen LogP contribution < -0.4 is 10.2 Å². The maximum atomic E-state index is 12.6. The second kappa shape index (κ2) is 6.30. The molecular weight excluding hydrogens is 356 g/mol. The van der Waals surface area contributed by atoms with Crippen molar-refractivity contribution in [3.63, 3.8) is 0 Å². The monoisotopic (exact) mass is 372 g/mol. The molecule has 0 aliphatic heterocycles. The van der Waals surface area contributed by atoms with Crippen molar-refractivity contribution >= 4 is 32.6 Å². The Kier molecular flexibility index (Phi) is 4.29. The van der Waals surface area contributed by atoms with Crippen LogP contribution in [0.3, 0.4) is 0 Å². The third-order valence-electron chi connectivity index (χ3n) is 4.15. The van der Waals surface area contributed by atoms with Crippen LogP contribution in [-0.4, -0.2) is 24.5 Å². The Morgan fingerprint density at radius 1 is 1.08 bits per heavy atom. The highest BCUT2D eigenvalue weighted by Gasteiger charge is 2.18. The summed E-state index contributed by atoms with van der Waals surface area (Å²) in [7, 11) is -3.93. The molecule has 26 heavy (non-hydrogen) atoms. The summed E-state index contributed by atoms with van der Waals surface area (Å²) in [6, 6.07) is 9.11. The van der Waals surface area contributed by atoms with Crippen molar-refractivity contribution in [1.82, 2.24) is 4.98 Å². The highest BCUT2D eigenvalue weighted by Crippen LogP contribution is 2.21. The minimum Gasteiger partial charge on any atom is -0.477 e. The number of aromatic nitrogens is 1. The smallest absolute Gasteiger partial charge is 0.341 e. The van der Waals surface area contributed by atoms with Crippen LogP contribution in [0, 0.1) is 13.8 Å². The molecule has 3 aromatic rings. The first-order chi connectivity index (χ1) is 12.2. The average molecular weight is 372 g/mol. The van der Waals surface area contributed by atoms with E-state index in [1.54, 1.807) is 18.2 Å². The van der Waals surface area contributed by atoms with Gasteiger partial charge in [-0.25, -0.2) is 13.2 Å². The Balaban J connectivity index is 2.08. The van der Waals surface area contributed by atoms with E-state index in [1.807, 2.05) is 13.8 Å². The van der Waals surface area contributed by atoms with Crippen molar-refractivity contribution in [2.24, 2.45) is 0 Å². The minimum absolute atomic E-state index is 0.00661. The van der Waals surface area contributed by atoms with Gasteiger partial charge >= 0.3 is 5.97 Å². The SMILES string of the molecule is Cc1ccc(NS(=O)(=O)c2ccc3[nH]cc(C(=O)O)c(=O)c3c2)cc1C. The number of hydrogen-bond donors (Lipinski definition) is 3. The van der Waals surface area contributed by atoms with Gasteiger partial charge in [0.1, 0.15) is 5.56 Å². The van der Waals surface area contributed by atoms with E-state index in [1.165, 1.54) is 18.2 Å². The lowest BCUT2D eigenvalue weighted by Gasteiger charge is -2.10. The Hall–Kier alpha value is -3.13. The number of aromatic amines is 1. The van der Waals surface area contributed by atoms with Crippen LogP contribution in [-0.2, 0) is 10.0 Å². The molecule has 0 saturated carbocycles. The number of fused-ring (bicyclic) bond motifs is 1. The van der Waals surface area contributed by atoms with Gasteiger partial charge in [-0.15, -0.1) is 0 Å². The summed E-state index contributed by atoms with van der Waals surface area (Å²) < 4.78 is 27.7. The van der Waals surface area contributed by atoms with Gasteiger partial charge in [0.25, 0.3) is 10.0 Å². The number of aryl methyl sites for hydroxylation is 2. The largest absolute Gasteiger partial charge is 0.477 e. The molecule has 3 N–H and O–H groups in total. The Bertz CT molecular complexity index is 1200. The Labute approximate surface area is 149 Å². The third kappa shape index (κ3) is 3.18. The van der Waals surface area contributed by atoms with E-state index in [-0.39, 0.29) is 10.3 Å². The molecule has 1 heterocycles. The van der Waals surface area contributed by atoms with E-state index in [4.69, 9.17) is 5.11 Å². The molecule has 0 amide bonds. The number of nitrogens with one attached hydrogen (secondary N) is 2. The van der Waals surface area contributed by atoms with E-state index in [0.717, 1.165) is 17.3 Å². The number of sulfonamides is 1. The van der Waals surface area contributed by atoms with Gasteiger partial charge in [-0.05, 0) is 55.3 Å².